The van der Waals surface area contributed by atoms with Gasteiger partial charge in [0.05, 0.1) is 19.1 Å². The molecule has 8 heteroatoms. The molecule has 0 aromatic heterocycles. The molecule has 1 amide bonds. The molecule has 2 aromatic rings. The van der Waals surface area contributed by atoms with Crippen molar-refractivity contribution >= 4 is 57.0 Å². The van der Waals surface area contributed by atoms with Crippen LogP contribution in [-0.4, -0.2) is 46.5 Å². The summed E-state index contributed by atoms with van der Waals surface area (Å²) in [6.07, 6.45) is 1.67. The van der Waals surface area contributed by atoms with Crippen LogP contribution in [0.25, 0.3) is 16.8 Å². The second-order valence-corrected chi connectivity index (χ2v) is 8.51. The van der Waals surface area contributed by atoms with E-state index in [1.54, 1.807) is 27.0 Å². The second-order valence-electron chi connectivity index (χ2n) is 6.83. The highest BCUT2D eigenvalue weighted by Crippen LogP contribution is 2.42. The van der Waals surface area contributed by atoms with Crippen LogP contribution in [0.1, 0.15) is 19.4 Å². The van der Waals surface area contributed by atoms with Gasteiger partial charge in [-0.3, -0.25) is 9.69 Å². The number of hydrogen-bond donors (Lipinski definition) is 1. The van der Waals surface area contributed by atoms with E-state index in [1.807, 2.05) is 30.3 Å². The van der Waals surface area contributed by atoms with Gasteiger partial charge in [-0.2, -0.15) is 0 Å². The van der Waals surface area contributed by atoms with Gasteiger partial charge < -0.3 is 14.6 Å². The molecule has 29 heavy (non-hydrogen) atoms. The Morgan fingerprint density at radius 3 is 2.45 bits per heavy atom. The van der Waals surface area contributed by atoms with Crippen molar-refractivity contribution in [3.8, 4) is 11.5 Å². The number of nitrogens with zero attached hydrogens (tertiary/aromatic N) is 1. The van der Waals surface area contributed by atoms with Crippen molar-refractivity contribution in [2.75, 3.05) is 14.2 Å². The van der Waals surface area contributed by atoms with Gasteiger partial charge in [-0.05, 0) is 23.4 Å². The number of carboxylic acids is 1. The molecule has 1 atom stereocenters. The third kappa shape index (κ3) is 3.82. The average molecular weight is 432 g/mol. The number of thioether (sulfide) groups is 1. The first-order chi connectivity index (χ1) is 13.8. The minimum atomic E-state index is -1.08. The number of fused-ring (bicyclic) bond motifs is 1. The summed E-state index contributed by atoms with van der Waals surface area (Å²) in [6, 6.07) is 8.59. The number of amides is 1. The smallest absolute Gasteiger partial charge is 0.327 e. The molecular weight excluding hydrogens is 410 g/mol. The van der Waals surface area contributed by atoms with Gasteiger partial charge in [0.1, 0.15) is 10.4 Å². The number of hydrogen-bond acceptors (Lipinski definition) is 6. The molecule has 1 aliphatic rings. The van der Waals surface area contributed by atoms with Crippen LogP contribution in [0.15, 0.2) is 35.2 Å². The van der Waals surface area contributed by atoms with Gasteiger partial charge >= 0.3 is 5.97 Å². The minimum Gasteiger partial charge on any atom is -0.492 e. The Labute approximate surface area is 178 Å². The fourth-order valence-corrected chi connectivity index (χ4v) is 4.71. The lowest BCUT2D eigenvalue weighted by atomic mass is 10.0. The molecule has 0 bridgehead atoms. The van der Waals surface area contributed by atoms with E-state index < -0.39 is 17.9 Å². The van der Waals surface area contributed by atoms with Crippen molar-refractivity contribution < 1.29 is 24.2 Å². The summed E-state index contributed by atoms with van der Waals surface area (Å²) < 4.78 is 11.4. The summed E-state index contributed by atoms with van der Waals surface area (Å²) in [5.74, 6) is -0.726. The summed E-state index contributed by atoms with van der Waals surface area (Å²) in [6.45, 7) is 3.50. The second kappa shape index (κ2) is 8.42. The van der Waals surface area contributed by atoms with Crippen molar-refractivity contribution in [3.63, 3.8) is 0 Å². The Hall–Kier alpha value is -2.58. The van der Waals surface area contributed by atoms with Crippen LogP contribution in [0, 0.1) is 5.92 Å². The van der Waals surface area contributed by atoms with Gasteiger partial charge in [0.2, 0.25) is 0 Å². The van der Waals surface area contributed by atoms with E-state index in [2.05, 4.69) is 0 Å². The van der Waals surface area contributed by atoms with Crippen LogP contribution in [-0.2, 0) is 9.59 Å². The lowest BCUT2D eigenvalue weighted by molar-refractivity contribution is -0.146. The lowest BCUT2D eigenvalue weighted by Gasteiger charge is -2.26. The Morgan fingerprint density at radius 1 is 1.21 bits per heavy atom. The summed E-state index contributed by atoms with van der Waals surface area (Å²) in [4.78, 5) is 26.2. The number of rotatable bonds is 6. The van der Waals surface area contributed by atoms with Crippen LogP contribution in [0.4, 0.5) is 0 Å². The predicted octanol–water partition coefficient (Wildman–Crippen LogP) is 4.17. The van der Waals surface area contributed by atoms with Crippen LogP contribution in [0.5, 0.6) is 11.5 Å². The molecule has 1 N–H and O–H groups in total. The van der Waals surface area contributed by atoms with Gasteiger partial charge in [-0.1, -0.05) is 62.1 Å². The Balaban J connectivity index is 2.11. The van der Waals surface area contributed by atoms with Crippen LogP contribution in [0.3, 0.4) is 0 Å². The van der Waals surface area contributed by atoms with Crippen molar-refractivity contribution in [1.29, 1.82) is 0 Å². The predicted molar refractivity (Wildman–Crippen MR) is 118 cm³/mol. The van der Waals surface area contributed by atoms with Gasteiger partial charge in [0, 0.05) is 10.9 Å². The highest BCUT2D eigenvalue weighted by atomic mass is 32.2. The molecule has 3 rings (SSSR count). The Morgan fingerprint density at radius 2 is 1.86 bits per heavy atom. The molecule has 152 valence electrons. The zero-order chi connectivity index (χ0) is 21.3. The Bertz CT molecular complexity index is 1030. The molecule has 1 heterocycles. The minimum absolute atomic E-state index is 0.231. The molecule has 1 fully saturated rings. The van der Waals surface area contributed by atoms with Crippen LogP contribution >= 0.6 is 24.0 Å². The molecule has 1 saturated heterocycles. The third-order valence-electron chi connectivity index (χ3n) is 4.67. The number of thiocarbonyl (C=S) groups is 1. The zero-order valence-corrected chi connectivity index (χ0v) is 18.1. The highest BCUT2D eigenvalue weighted by molar-refractivity contribution is 8.26. The van der Waals surface area contributed by atoms with E-state index in [9.17, 15) is 14.7 Å². The summed E-state index contributed by atoms with van der Waals surface area (Å²) in [5.41, 5.74) is 0.653. The van der Waals surface area contributed by atoms with E-state index in [0.29, 0.717) is 22.0 Å². The molecule has 2 aromatic carbocycles. The van der Waals surface area contributed by atoms with Crippen molar-refractivity contribution in [2.24, 2.45) is 5.92 Å². The first-order valence-electron chi connectivity index (χ1n) is 8.93. The van der Waals surface area contributed by atoms with Gasteiger partial charge in [0.15, 0.2) is 11.5 Å². The molecular formula is C21H21NO5S2. The topological polar surface area (TPSA) is 76.1 Å². The molecule has 0 saturated carbocycles. The van der Waals surface area contributed by atoms with Crippen molar-refractivity contribution in [3.05, 3.63) is 40.8 Å². The quantitative estimate of drug-likeness (QED) is 0.543. The highest BCUT2D eigenvalue weighted by Gasteiger charge is 2.42. The van der Waals surface area contributed by atoms with E-state index in [4.69, 9.17) is 21.7 Å². The average Bonchev–Trinajstić information content (AvgIpc) is 2.94. The van der Waals surface area contributed by atoms with Crippen LogP contribution in [0.2, 0.25) is 0 Å². The van der Waals surface area contributed by atoms with Gasteiger partial charge in [-0.25, -0.2) is 4.79 Å². The molecule has 1 unspecified atom stereocenters. The fourth-order valence-electron chi connectivity index (χ4n) is 3.39. The number of methoxy groups -OCH3 is 2. The molecule has 0 spiro atoms. The number of benzene rings is 2. The van der Waals surface area contributed by atoms with E-state index in [0.717, 1.165) is 22.5 Å². The lowest BCUT2D eigenvalue weighted by Crippen LogP contribution is -2.47. The summed E-state index contributed by atoms with van der Waals surface area (Å²) in [5, 5.41) is 11.4. The molecule has 0 aliphatic carbocycles. The van der Waals surface area contributed by atoms with E-state index in [-0.39, 0.29) is 10.2 Å². The molecule has 6 nitrogen and oxygen atoms in total. The first kappa shape index (κ1) is 21.1. The summed E-state index contributed by atoms with van der Waals surface area (Å²) in [7, 11) is 3.10. The summed E-state index contributed by atoms with van der Waals surface area (Å²) >= 11 is 6.41. The number of carbonyl (C=O) groups is 2. The monoisotopic (exact) mass is 431 g/mol. The number of carboxylic acid groups (broad SMARTS) is 1. The fraction of sp³-hybridized carbons (Fsp3) is 0.286. The normalized spacial score (nSPS) is 16.7. The maximum Gasteiger partial charge on any atom is 0.327 e. The van der Waals surface area contributed by atoms with Gasteiger partial charge in [-0.15, -0.1) is 0 Å². The van der Waals surface area contributed by atoms with E-state index >= 15 is 0 Å². The van der Waals surface area contributed by atoms with Crippen molar-refractivity contribution in [2.45, 2.75) is 19.9 Å². The first-order valence-corrected chi connectivity index (χ1v) is 10.2. The zero-order valence-electron chi connectivity index (χ0n) is 16.5. The largest absolute Gasteiger partial charge is 0.492 e. The standard InChI is InChI=1S/C21H21NO5S2/c1-11(2)16(20(24)25)22-19(23)15(29-21(22)28)10-13-9-12-7-5-6-8-14(12)18(27-4)17(13)26-3/h5-11,16H,1-4H3,(H,24,25)/b15-10-. The Kier molecular flexibility index (Phi) is 6.14. The number of carbonyl (C=O) groups excluding carboxylic acids is 1. The maximum atomic E-state index is 13.0. The molecule has 0 radical (unpaired) electrons. The van der Waals surface area contributed by atoms with Gasteiger partial charge in [0.25, 0.3) is 5.91 Å². The SMILES string of the molecule is COc1c(/C=C2\SC(=S)N(C(C(=O)O)C(C)C)C2=O)cc2ccccc2c1OC. The maximum absolute atomic E-state index is 13.0. The number of aliphatic carboxylic acids is 1. The third-order valence-corrected chi connectivity index (χ3v) is 6.00. The van der Waals surface area contributed by atoms with E-state index in [1.165, 1.54) is 12.0 Å². The number of ether oxygens (including phenoxy) is 2. The molecule has 1 aliphatic heterocycles. The van der Waals surface area contributed by atoms with Crippen molar-refractivity contribution in [1.82, 2.24) is 4.90 Å². The van der Waals surface area contributed by atoms with Crippen LogP contribution < -0.4 is 9.47 Å².